The summed E-state index contributed by atoms with van der Waals surface area (Å²) in [6.45, 7) is 12.6. The predicted octanol–water partition coefficient (Wildman–Crippen LogP) is 2.13. The summed E-state index contributed by atoms with van der Waals surface area (Å²) in [6.07, 6.45) is 10.2. The molecule has 1 N–H and O–H groups in total. The number of hydrogen-bond acceptors (Lipinski definition) is 6. The van der Waals surface area contributed by atoms with E-state index in [-0.39, 0.29) is 29.5 Å². The lowest BCUT2D eigenvalue weighted by molar-refractivity contribution is 0.0206. The molecular weight excluding hydrogens is 515 g/mol. The minimum Gasteiger partial charge on any atom is -0.357 e. The number of piperazine rings is 1. The number of aromatic nitrogens is 2. The second kappa shape index (κ2) is 12.3. The number of guanidine groups is 1. The Kier molecular flexibility index (Phi) is 9.78. The fraction of sp³-hybridized carbons (Fsp3) is 0.783. The second-order valence-corrected chi connectivity index (χ2v) is 9.27. The summed E-state index contributed by atoms with van der Waals surface area (Å²) >= 11 is 0. The Bertz CT molecular complexity index is 693. The second-order valence-electron chi connectivity index (χ2n) is 9.27. The number of aliphatic imine (C=N–C) groups is 1. The number of nitrogens with one attached hydrogen (secondary N) is 1. The first-order chi connectivity index (χ1) is 15.2. The van der Waals surface area contributed by atoms with Crippen molar-refractivity contribution in [3.05, 3.63) is 18.5 Å². The van der Waals surface area contributed by atoms with Gasteiger partial charge in [0.1, 0.15) is 0 Å². The van der Waals surface area contributed by atoms with Gasteiger partial charge in [-0.05, 0) is 71.9 Å². The van der Waals surface area contributed by atoms with Crippen molar-refractivity contribution in [2.75, 3.05) is 77.4 Å². The fourth-order valence-electron chi connectivity index (χ4n) is 5.20. The van der Waals surface area contributed by atoms with E-state index in [2.05, 4.69) is 48.9 Å². The molecule has 4 heterocycles. The lowest BCUT2D eigenvalue weighted by Gasteiger charge is -2.49. The highest BCUT2D eigenvalue weighted by atomic mass is 127. The lowest BCUT2D eigenvalue weighted by Crippen LogP contribution is -2.59. The van der Waals surface area contributed by atoms with E-state index in [4.69, 9.17) is 4.99 Å². The van der Waals surface area contributed by atoms with Gasteiger partial charge in [-0.2, -0.15) is 0 Å². The topological polar surface area (TPSA) is 63.1 Å². The van der Waals surface area contributed by atoms with Gasteiger partial charge in [0.25, 0.3) is 0 Å². The van der Waals surface area contributed by atoms with E-state index in [1.54, 1.807) is 0 Å². The highest BCUT2D eigenvalue weighted by Gasteiger charge is 2.39. The number of anilines is 1. The molecule has 0 saturated carbocycles. The summed E-state index contributed by atoms with van der Waals surface area (Å²) in [5, 5.41) is 3.57. The molecule has 0 spiro atoms. The van der Waals surface area contributed by atoms with E-state index in [1.807, 2.05) is 18.5 Å². The molecule has 0 atom stereocenters. The summed E-state index contributed by atoms with van der Waals surface area (Å²) < 4.78 is 0. The van der Waals surface area contributed by atoms with Gasteiger partial charge in [-0.3, -0.25) is 9.89 Å². The van der Waals surface area contributed by atoms with Crippen LogP contribution < -0.4 is 10.2 Å². The van der Waals surface area contributed by atoms with Gasteiger partial charge in [0.05, 0.1) is 6.54 Å². The standard InChI is InChI=1S/C23H40N8.HI/c1-3-24-21(29-16-18-30(19-17-29)22-25-10-7-11-26-22)27-20-23(8-14-28(2)15-9-23)31-12-5-4-6-13-31;/h7,10-11H,3-6,8-9,12-20H2,1-2H3,(H,24,27);1H. The Morgan fingerprint density at radius 1 is 0.969 bits per heavy atom. The molecule has 0 aromatic carbocycles. The molecule has 0 bridgehead atoms. The van der Waals surface area contributed by atoms with Gasteiger partial charge in [-0.1, -0.05) is 6.42 Å². The highest BCUT2D eigenvalue weighted by Crippen LogP contribution is 2.31. The molecular formula is C23H41IN8. The van der Waals surface area contributed by atoms with Crippen LogP contribution in [0.3, 0.4) is 0 Å². The van der Waals surface area contributed by atoms with Crippen LogP contribution in [0, 0.1) is 0 Å². The Hall–Kier alpha value is -1.20. The van der Waals surface area contributed by atoms with Gasteiger partial charge in [-0.15, -0.1) is 24.0 Å². The molecule has 0 amide bonds. The van der Waals surface area contributed by atoms with E-state index in [0.29, 0.717) is 0 Å². The van der Waals surface area contributed by atoms with Crippen LogP contribution >= 0.6 is 24.0 Å². The first kappa shape index (κ1) is 25.4. The smallest absolute Gasteiger partial charge is 0.225 e. The molecule has 8 nitrogen and oxygen atoms in total. The van der Waals surface area contributed by atoms with Crippen molar-refractivity contribution in [1.82, 2.24) is 30.0 Å². The third-order valence-corrected chi connectivity index (χ3v) is 7.22. The molecule has 1 aromatic heterocycles. The SMILES string of the molecule is CCNC(=NCC1(N2CCCCC2)CCN(C)CC1)N1CCN(c2ncccn2)CC1.I. The van der Waals surface area contributed by atoms with Crippen LogP contribution in [0.5, 0.6) is 0 Å². The zero-order valence-electron chi connectivity index (χ0n) is 19.9. The third kappa shape index (κ3) is 6.22. The maximum atomic E-state index is 5.25. The first-order valence-corrected chi connectivity index (χ1v) is 12.2. The molecule has 3 saturated heterocycles. The number of likely N-dealkylation sites (tertiary alicyclic amines) is 2. The summed E-state index contributed by atoms with van der Waals surface area (Å²) in [5.41, 5.74) is 0.229. The minimum atomic E-state index is 0. The quantitative estimate of drug-likeness (QED) is 0.339. The van der Waals surface area contributed by atoms with Crippen LogP contribution in [-0.2, 0) is 0 Å². The average molecular weight is 557 g/mol. The van der Waals surface area contributed by atoms with Crippen LogP contribution in [0.15, 0.2) is 23.5 Å². The maximum Gasteiger partial charge on any atom is 0.225 e. The van der Waals surface area contributed by atoms with Gasteiger partial charge in [0.15, 0.2) is 5.96 Å². The molecule has 0 radical (unpaired) electrons. The first-order valence-electron chi connectivity index (χ1n) is 12.2. The Morgan fingerprint density at radius 2 is 1.62 bits per heavy atom. The van der Waals surface area contributed by atoms with E-state index in [1.165, 1.54) is 58.3 Å². The summed E-state index contributed by atoms with van der Waals surface area (Å²) in [6, 6.07) is 1.87. The number of nitrogens with zero attached hydrogens (tertiary/aromatic N) is 7. The molecule has 1 aromatic rings. The van der Waals surface area contributed by atoms with Crippen molar-refractivity contribution in [1.29, 1.82) is 0 Å². The Balaban J connectivity index is 0.00000289. The van der Waals surface area contributed by atoms with E-state index in [9.17, 15) is 0 Å². The van der Waals surface area contributed by atoms with Crippen LogP contribution in [0.4, 0.5) is 5.95 Å². The summed E-state index contributed by atoms with van der Waals surface area (Å²) in [4.78, 5) is 24.0. The van der Waals surface area contributed by atoms with Gasteiger partial charge < -0.3 is 20.0 Å². The summed E-state index contributed by atoms with van der Waals surface area (Å²) in [7, 11) is 2.25. The van der Waals surface area contributed by atoms with Crippen molar-refractivity contribution in [2.24, 2.45) is 4.99 Å². The van der Waals surface area contributed by atoms with Crippen LogP contribution in [0.25, 0.3) is 0 Å². The van der Waals surface area contributed by atoms with Gasteiger partial charge in [0.2, 0.25) is 5.95 Å². The van der Waals surface area contributed by atoms with E-state index < -0.39 is 0 Å². The van der Waals surface area contributed by atoms with Crippen molar-refractivity contribution in [2.45, 2.75) is 44.6 Å². The maximum absolute atomic E-state index is 5.25. The number of hydrogen-bond donors (Lipinski definition) is 1. The number of rotatable bonds is 5. The van der Waals surface area contributed by atoms with Crippen molar-refractivity contribution in [3.8, 4) is 0 Å². The minimum absolute atomic E-state index is 0. The number of halogens is 1. The van der Waals surface area contributed by atoms with Crippen molar-refractivity contribution >= 4 is 35.9 Å². The average Bonchev–Trinajstić information content (AvgIpc) is 2.84. The third-order valence-electron chi connectivity index (χ3n) is 7.22. The van der Waals surface area contributed by atoms with Crippen molar-refractivity contribution < 1.29 is 0 Å². The van der Waals surface area contributed by atoms with Crippen LogP contribution in [0.2, 0.25) is 0 Å². The fourth-order valence-corrected chi connectivity index (χ4v) is 5.20. The van der Waals surface area contributed by atoms with Crippen LogP contribution in [-0.4, -0.2) is 109 Å². The van der Waals surface area contributed by atoms with Crippen molar-refractivity contribution in [3.63, 3.8) is 0 Å². The van der Waals surface area contributed by atoms with E-state index >= 15 is 0 Å². The molecule has 32 heavy (non-hydrogen) atoms. The normalized spacial score (nSPS) is 23.0. The Morgan fingerprint density at radius 3 is 2.25 bits per heavy atom. The van der Waals surface area contributed by atoms with E-state index in [0.717, 1.165) is 51.2 Å². The van der Waals surface area contributed by atoms with Gasteiger partial charge in [-0.25, -0.2) is 9.97 Å². The predicted molar refractivity (Wildman–Crippen MR) is 142 cm³/mol. The molecule has 4 rings (SSSR count). The molecule has 0 unspecified atom stereocenters. The molecule has 0 aliphatic carbocycles. The molecule has 3 fully saturated rings. The molecule has 9 heteroatoms. The van der Waals surface area contributed by atoms with Gasteiger partial charge >= 0.3 is 0 Å². The lowest BCUT2D eigenvalue weighted by atomic mass is 9.84. The highest BCUT2D eigenvalue weighted by molar-refractivity contribution is 14.0. The zero-order chi connectivity index (χ0) is 21.5. The summed E-state index contributed by atoms with van der Waals surface area (Å²) in [5.74, 6) is 1.91. The number of piperidine rings is 2. The molecule has 3 aliphatic heterocycles. The van der Waals surface area contributed by atoms with Crippen LogP contribution in [0.1, 0.15) is 39.0 Å². The largest absolute Gasteiger partial charge is 0.357 e. The Labute approximate surface area is 210 Å². The molecule has 3 aliphatic rings. The molecule has 180 valence electrons. The zero-order valence-corrected chi connectivity index (χ0v) is 22.2. The monoisotopic (exact) mass is 556 g/mol. The van der Waals surface area contributed by atoms with Gasteiger partial charge in [0, 0.05) is 50.7 Å².